The van der Waals surface area contributed by atoms with Crippen LogP contribution in [-0.4, -0.2) is 47.4 Å². The predicted molar refractivity (Wildman–Crippen MR) is 269 cm³/mol. The van der Waals surface area contributed by atoms with Crippen LogP contribution in [0.4, 0.5) is 0 Å². The fourth-order valence-corrected chi connectivity index (χ4v) is 9.05. The van der Waals surface area contributed by atoms with Crippen molar-refractivity contribution >= 4 is 11.9 Å². The topological polar surface area (TPSA) is 95.9 Å². The van der Waals surface area contributed by atoms with Crippen LogP contribution in [-0.2, 0) is 14.3 Å². The van der Waals surface area contributed by atoms with Gasteiger partial charge in [0.05, 0.1) is 25.4 Å². The second-order valence-electron chi connectivity index (χ2n) is 19.6. The van der Waals surface area contributed by atoms with Gasteiger partial charge in [-0.05, 0) is 25.7 Å². The average Bonchev–Trinajstić information content (AvgIpc) is 3.27. The molecule has 0 rings (SSSR count). The van der Waals surface area contributed by atoms with Crippen molar-refractivity contribution in [3.8, 4) is 0 Å². The smallest absolute Gasteiger partial charge is 0.305 e. The van der Waals surface area contributed by atoms with Crippen molar-refractivity contribution in [3.63, 3.8) is 0 Å². The molecule has 0 fully saturated rings. The molecule has 0 heterocycles. The lowest BCUT2D eigenvalue weighted by molar-refractivity contribution is -0.143. The Morgan fingerprint density at radius 2 is 0.661 bits per heavy atom. The molecule has 0 aromatic carbocycles. The summed E-state index contributed by atoms with van der Waals surface area (Å²) in [6, 6.07) is -0.554. The number of nitrogens with one attached hydrogen (secondary N) is 1. The van der Waals surface area contributed by atoms with E-state index < -0.39 is 12.1 Å². The summed E-state index contributed by atoms with van der Waals surface area (Å²) in [5, 5.41) is 23.3. The van der Waals surface area contributed by atoms with Crippen LogP contribution in [0.3, 0.4) is 0 Å². The molecule has 0 bridgehead atoms. The second kappa shape index (κ2) is 52.5. The van der Waals surface area contributed by atoms with Crippen LogP contribution in [0.5, 0.6) is 0 Å². The average molecular weight is 879 g/mol. The van der Waals surface area contributed by atoms with Crippen molar-refractivity contribution in [3.05, 3.63) is 0 Å². The molecule has 0 aromatic heterocycles. The number of carbonyl (C=O) groups excluding carboxylic acids is 2. The number of hydrogen-bond acceptors (Lipinski definition) is 5. The van der Waals surface area contributed by atoms with Crippen LogP contribution < -0.4 is 5.32 Å². The molecule has 0 aliphatic rings. The molecule has 1 amide bonds. The first-order valence-electron chi connectivity index (χ1n) is 28.3. The number of aliphatic hydroxyl groups is 2. The summed E-state index contributed by atoms with van der Waals surface area (Å²) in [7, 11) is 0. The molecule has 62 heavy (non-hydrogen) atoms. The van der Waals surface area contributed by atoms with E-state index in [-0.39, 0.29) is 18.5 Å². The van der Waals surface area contributed by atoms with Crippen LogP contribution >= 0.6 is 0 Å². The van der Waals surface area contributed by atoms with Crippen molar-refractivity contribution in [1.82, 2.24) is 5.32 Å². The Bertz CT molecular complexity index is 882. The Labute approximate surface area is 387 Å². The van der Waals surface area contributed by atoms with Crippen LogP contribution in [0, 0.1) is 0 Å². The molecule has 370 valence electrons. The summed E-state index contributed by atoms with van der Waals surface area (Å²) < 4.78 is 5.45. The van der Waals surface area contributed by atoms with Crippen molar-refractivity contribution in [2.75, 3.05) is 13.2 Å². The highest BCUT2D eigenvalue weighted by molar-refractivity contribution is 5.76. The zero-order valence-corrected chi connectivity index (χ0v) is 42.1. The first kappa shape index (κ1) is 60.9. The van der Waals surface area contributed by atoms with Gasteiger partial charge in [0.1, 0.15) is 0 Å². The quantitative estimate of drug-likeness (QED) is 0.0418. The van der Waals surface area contributed by atoms with Crippen LogP contribution in [0.25, 0.3) is 0 Å². The fourth-order valence-electron chi connectivity index (χ4n) is 9.05. The van der Waals surface area contributed by atoms with Crippen LogP contribution in [0.1, 0.15) is 322 Å². The summed E-state index contributed by atoms with van der Waals surface area (Å²) in [5.74, 6) is -0.0620. The van der Waals surface area contributed by atoms with Gasteiger partial charge in [0.15, 0.2) is 0 Å². The molecule has 0 aromatic rings. The summed E-state index contributed by atoms with van der Waals surface area (Å²) >= 11 is 0. The van der Waals surface area contributed by atoms with Gasteiger partial charge in [-0.1, -0.05) is 284 Å². The third-order valence-electron chi connectivity index (χ3n) is 13.4. The van der Waals surface area contributed by atoms with Crippen molar-refractivity contribution in [2.45, 2.75) is 334 Å². The van der Waals surface area contributed by atoms with Gasteiger partial charge in [-0.25, -0.2) is 0 Å². The Morgan fingerprint density at radius 1 is 0.387 bits per heavy atom. The van der Waals surface area contributed by atoms with E-state index >= 15 is 0 Å². The lowest BCUT2D eigenvalue weighted by Crippen LogP contribution is -2.45. The number of hydrogen-bond donors (Lipinski definition) is 3. The van der Waals surface area contributed by atoms with Gasteiger partial charge in [-0.3, -0.25) is 9.59 Å². The minimum absolute atomic E-state index is 0.0125. The van der Waals surface area contributed by atoms with Crippen molar-refractivity contribution in [1.29, 1.82) is 0 Å². The maximum atomic E-state index is 12.5. The number of rotatable bonds is 53. The zero-order valence-electron chi connectivity index (χ0n) is 42.1. The fraction of sp³-hybridized carbons (Fsp3) is 0.964. The second-order valence-corrected chi connectivity index (χ2v) is 19.6. The minimum Gasteiger partial charge on any atom is -0.466 e. The Morgan fingerprint density at radius 3 is 0.984 bits per heavy atom. The lowest BCUT2D eigenvalue weighted by atomic mass is 10.0. The van der Waals surface area contributed by atoms with Crippen molar-refractivity contribution in [2.24, 2.45) is 0 Å². The van der Waals surface area contributed by atoms with E-state index in [0.717, 1.165) is 57.8 Å². The van der Waals surface area contributed by atoms with E-state index in [1.165, 1.54) is 231 Å². The van der Waals surface area contributed by atoms with E-state index in [2.05, 4.69) is 19.2 Å². The Hall–Kier alpha value is -1.14. The predicted octanol–water partition coefficient (Wildman–Crippen LogP) is 17.1. The number of carbonyl (C=O) groups is 2. The number of amides is 1. The maximum Gasteiger partial charge on any atom is 0.305 e. The molecular weight excluding hydrogens is 767 g/mol. The first-order chi connectivity index (χ1) is 30.5. The third-order valence-corrected chi connectivity index (χ3v) is 13.4. The molecule has 0 aliphatic heterocycles. The Kier molecular flexibility index (Phi) is 51.5. The van der Waals surface area contributed by atoms with Gasteiger partial charge >= 0.3 is 5.97 Å². The molecule has 0 radical (unpaired) electrons. The van der Waals surface area contributed by atoms with Crippen LogP contribution in [0.15, 0.2) is 0 Å². The van der Waals surface area contributed by atoms with E-state index in [1.807, 2.05) is 0 Å². The van der Waals surface area contributed by atoms with Gasteiger partial charge in [0, 0.05) is 12.8 Å². The standard InChI is InChI=1S/C56H111NO5/c1-3-5-7-9-11-13-15-16-17-18-19-20-21-22-23-24-25-26-29-32-36-40-44-48-54(59)53(52-58)57-55(60)49-45-41-37-33-30-27-31-35-39-43-47-51-62-56(61)50-46-42-38-34-28-14-12-10-8-6-4-2/h53-54,58-59H,3-52H2,1-2H3,(H,57,60). The summed E-state index contributed by atoms with van der Waals surface area (Å²) in [6.07, 6.45) is 59.4. The first-order valence-corrected chi connectivity index (χ1v) is 28.3. The molecule has 3 N–H and O–H groups in total. The SMILES string of the molecule is CCCCCCCCCCCCCCCCCCCCCCCCCC(O)C(CO)NC(=O)CCCCCCCCCCCCCOC(=O)CCCCCCCCCCCCC. The van der Waals surface area contributed by atoms with Gasteiger partial charge < -0.3 is 20.3 Å². The highest BCUT2D eigenvalue weighted by Gasteiger charge is 2.20. The molecule has 6 nitrogen and oxygen atoms in total. The molecular formula is C56H111NO5. The highest BCUT2D eigenvalue weighted by Crippen LogP contribution is 2.18. The van der Waals surface area contributed by atoms with Crippen LogP contribution in [0.2, 0.25) is 0 Å². The van der Waals surface area contributed by atoms with Gasteiger partial charge in [-0.2, -0.15) is 0 Å². The molecule has 0 aliphatic carbocycles. The number of ether oxygens (including phenoxy) is 1. The third kappa shape index (κ3) is 48.3. The van der Waals surface area contributed by atoms with E-state index in [0.29, 0.717) is 25.9 Å². The molecule has 2 unspecified atom stereocenters. The molecule has 2 atom stereocenters. The Balaban J connectivity index is 3.45. The molecule has 0 saturated carbocycles. The summed E-state index contributed by atoms with van der Waals surface area (Å²) in [6.45, 7) is 4.93. The highest BCUT2D eigenvalue weighted by atomic mass is 16.5. The zero-order chi connectivity index (χ0) is 45.1. The molecule has 0 saturated heterocycles. The minimum atomic E-state index is -0.676. The van der Waals surface area contributed by atoms with E-state index in [4.69, 9.17) is 4.74 Å². The van der Waals surface area contributed by atoms with Gasteiger partial charge in [0.25, 0.3) is 0 Å². The van der Waals surface area contributed by atoms with Gasteiger partial charge in [0.2, 0.25) is 5.91 Å². The normalized spacial score (nSPS) is 12.5. The monoisotopic (exact) mass is 878 g/mol. The lowest BCUT2D eigenvalue weighted by Gasteiger charge is -2.22. The molecule has 6 heteroatoms. The largest absolute Gasteiger partial charge is 0.466 e. The maximum absolute atomic E-state index is 12.5. The molecule has 0 spiro atoms. The number of unbranched alkanes of at least 4 members (excludes halogenated alkanes) is 42. The number of aliphatic hydroxyl groups excluding tert-OH is 2. The summed E-state index contributed by atoms with van der Waals surface area (Å²) in [4.78, 5) is 24.5. The van der Waals surface area contributed by atoms with Gasteiger partial charge in [-0.15, -0.1) is 0 Å². The summed E-state index contributed by atoms with van der Waals surface area (Å²) in [5.41, 5.74) is 0. The van der Waals surface area contributed by atoms with E-state index in [1.54, 1.807) is 0 Å². The van der Waals surface area contributed by atoms with E-state index in [9.17, 15) is 19.8 Å². The van der Waals surface area contributed by atoms with Crippen molar-refractivity contribution < 1.29 is 24.5 Å². The number of esters is 1.